The van der Waals surface area contributed by atoms with E-state index in [0.717, 1.165) is 149 Å². The molecule has 2 saturated heterocycles. The van der Waals surface area contributed by atoms with E-state index in [2.05, 4.69) is 34.9 Å². The highest BCUT2D eigenvalue weighted by Crippen LogP contribution is 2.23. The average Bonchev–Trinajstić information content (AvgIpc) is 3.36. The predicted octanol–water partition coefficient (Wildman–Crippen LogP) is 8.52. The first kappa shape index (κ1) is 51.5. The number of likely N-dealkylation sites (tertiary alicyclic amines) is 2. The molecule has 6 N–H and O–H groups in total. The van der Waals surface area contributed by atoms with Crippen molar-refractivity contribution in [3.05, 3.63) is 126 Å². The van der Waals surface area contributed by atoms with Gasteiger partial charge in [0.15, 0.2) is 0 Å². The van der Waals surface area contributed by atoms with Crippen molar-refractivity contribution in [2.45, 2.75) is 134 Å². The molecule has 0 bridgehead atoms. The molecule has 11 nitrogen and oxygen atoms in total. The molecular formula is C55H76N6O5. The minimum Gasteiger partial charge on any atom is -0.489 e. The Labute approximate surface area is 394 Å². The van der Waals surface area contributed by atoms with Crippen molar-refractivity contribution in [1.29, 1.82) is 0 Å². The molecule has 0 spiro atoms. The van der Waals surface area contributed by atoms with Gasteiger partial charge in [0.2, 0.25) is 23.6 Å². The van der Waals surface area contributed by atoms with Crippen LogP contribution in [0.25, 0.3) is 11.1 Å². The Morgan fingerprint density at radius 2 is 0.909 bits per heavy atom. The number of hydrogen-bond donors (Lipinski definition) is 4. The van der Waals surface area contributed by atoms with Crippen molar-refractivity contribution in [3.63, 3.8) is 0 Å². The van der Waals surface area contributed by atoms with Crippen molar-refractivity contribution in [2.24, 2.45) is 11.5 Å². The van der Waals surface area contributed by atoms with Gasteiger partial charge in [-0.3, -0.25) is 19.2 Å². The fourth-order valence-corrected chi connectivity index (χ4v) is 8.71. The largest absolute Gasteiger partial charge is 0.489 e. The number of piperidine rings is 2. The molecule has 2 heterocycles. The van der Waals surface area contributed by atoms with E-state index < -0.39 is 0 Å². The van der Waals surface area contributed by atoms with Crippen molar-refractivity contribution in [1.82, 2.24) is 20.4 Å². The van der Waals surface area contributed by atoms with Gasteiger partial charge in [-0.1, -0.05) is 136 Å². The first-order valence-electron chi connectivity index (χ1n) is 24.8. The van der Waals surface area contributed by atoms with Crippen LogP contribution in [-0.4, -0.2) is 84.8 Å². The second-order valence-electron chi connectivity index (χ2n) is 17.7. The lowest BCUT2D eigenvalue weighted by molar-refractivity contribution is -0.141. The fourth-order valence-electron chi connectivity index (χ4n) is 8.71. The molecule has 2 aliphatic rings. The Balaban J connectivity index is 0.000000248. The summed E-state index contributed by atoms with van der Waals surface area (Å²) >= 11 is 0. The minimum atomic E-state index is -0.355. The topological polar surface area (TPSA) is 160 Å². The van der Waals surface area contributed by atoms with E-state index in [-0.39, 0.29) is 35.7 Å². The fraction of sp³-hybridized carbons (Fsp3) is 0.491. The Morgan fingerprint density at radius 3 is 1.39 bits per heavy atom. The van der Waals surface area contributed by atoms with Gasteiger partial charge in [0, 0.05) is 26.2 Å². The number of rotatable bonds is 24. The standard InChI is InChI=1S/C28H39N3O3.C27H37N3O2/c29-18-8-2-1-3-9-19-30-28(33)26-13-7-10-20-31(26)27(32)21-23-14-16-25(17-15-23)34-22-24-11-5-4-6-12-24;28-18-8-2-1-3-9-19-29-27(32)25-13-7-10-20-30(25)26(31)21-22-14-16-24(17-15-22)23-11-5-4-6-12-23/h4-6,11-12,14-17,26H,1-3,7-10,13,18-22,29H2,(H,30,33);4-6,11-12,14-17,25H,1-3,7-10,13,18-21,28H2,(H,29,32). The zero-order chi connectivity index (χ0) is 46.6. The van der Waals surface area contributed by atoms with Crippen molar-refractivity contribution >= 4 is 23.6 Å². The van der Waals surface area contributed by atoms with Gasteiger partial charge in [0.1, 0.15) is 24.4 Å². The predicted molar refractivity (Wildman–Crippen MR) is 266 cm³/mol. The summed E-state index contributed by atoms with van der Waals surface area (Å²) in [5, 5.41) is 6.11. The maximum absolute atomic E-state index is 13.1. The molecule has 4 amide bonds. The van der Waals surface area contributed by atoms with Crippen LogP contribution in [0.1, 0.15) is 119 Å². The average molecular weight is 901 g/mol. The molecule has 11 heteroatoms. The van der Waals surface area contributed by atoms with Crippen LogP contribution in [0, 0.1) is 0 Å². The lowest BCUT2D eigenvalue weighted by atomic mass is 9.99. The van der Waals surface area contributed by atoms with E-state index in [1.54, 1.807) is 9.80 Å². The zero-order valence-electron chi connectivity index (χ0n) is 39.3. The number of nitrogens with two attached hydrogens (primary N) is 2. The summed E-state index contributed by atoms with van der Waals surface area (Å²) in [5.74, 6) is 0.816. The van der Waals surface area contributed by atoms with E-state index >= 15 is 0 Å². The van der Waals surface area contributed by atoms with Crippen LogP contribution in [0.2, 0.25) is 0 Å². The molecule has 66 heavy (non-hydrogen) atoms. The molecule has 0 aromatic heterocycles. The Morgan fingerprint density at radius 1 is 0.485 bits per heavy atom. The Kier molecular flexibility index (Phi) is 23.3. The second kappa shape index (κ2) is 29.9. The maximum atomic E-state index is 13.1. The lowest BCUT2D eigenvalue weighted by Crippen LogP contribution is -2.52. The highest BCUT2D eigenvalue weighted by molar-refractivity contribution is 5.89. The Bertz CT molecular complexity index is 2000. The number of nitrogens with one attached hydrogen (secondary N) is 2. The van der Waals surface area contributed by atoms with Crippen LogP contribution < -0.4 is 26.8 Å². The number of benzene rings is 4. The molecule has 4 aromatic rings. The van der Waals surface area contributed by atoms with Gasteiger partial charge in [-0.05, 0) is 117 Å². The van der Waals surface area contributed by atoms with Crippen LogP contribution in [0.4, 0.5) is 0 Å². The third-order valence-corrected chi connectivity index (χ3v) is 12.6. The van der Waals surface area contributed by atoms with Crippen molar-refractivity contribution < 1.29 is 23.9 Å². The van der Waals surface area contributed by atoms with Gasteiger partial charge in [-0.2, -0.15) is 0 Å². The summed E-state index contributed by atoms with van der Waals surface area (Å²) in [6.07, 6.45) is 16.9. The van der Waals surface area contributed by atoms with E-state index in [4.69, 9.17) is 16.2 Å². The van der Waals surface area contributed by atoms with E-state index in [9.17, 15) is 19.2 Å². The van der Waals surface area contributed by atoms with Crippen LogP contribution in [0.15, 0.2) is 109 Å². The minimum absolute atomic E-state index is 0.000524. The highest BCUT2D eigenvalue weighted by atomic mass is 16.5. The molecule has 2 unspecified atom stereocenters. The second-order valence-corrected chi connectivity index (χ2v) is 17.7. The molecule has 2 atom stereocenters. The maximum Gasteiger partial charge on any atom is 0.242 e. The first-order chi connectivity index (χ1) is 32.4. The quantitative estimate of drug-likeness (QED) is 0.0513. The monoisotopic (exact) mass is 901 g/mol. The highest BCUT2D eigenvalue weighted by Gasteiger charge is 2.33. The number of carbonyl (C=O) groups excluding carboxylic acids is 4. The molecule has 2 fully saturated rings. The van der Waals surface area contributed by atoms with E-state index in [1.807, 2.05) is 84.9 Å². The van der Waals surface area contributed by atoms with Gasteiger partial charge in [0.05, 0.1) is 12.8 Å². The third kappa shape index (κ3) is 18.0. The summed E-state index contributed by atoms with van der Waals surface area (Å²) in [6, 6.07) is 35.4. The third-order valence-electron chi connectivity index (χ3n) is 12.6. The van der Waals surface area contributed by atoms with Crippen LogP contribution in [0.5, 0.6) is 5.75 Å². The van der Waals surface area contributed by atoms with Crippen molar-refractivity contribution in [3.8, 4) is 16.9 Å². The Hall–Kier alpha value is -5.52. The molecular weight excluding hydrogens is 825 g/mol. The van der Waals surface area contributed by atoms with Gasteiger partial charge in [0.25, 0.3) is 0 Å². The van der Waals surface area contributed by atoms with Gasteiger partial charge >= 0.3 is 0 Å². The molecule has 0 radical (unpaired) electrons. The molecule has 0 aliphatic carbocycles. The molecule has 2 aliphatic heterocycles. The number of hydrogen-bond acceptors (Lipinski definition) is 7. The van der Waals surface area contributed by atoms with E-state index in [1.165, 1.54) is 0 Å². The zero-order valence-corrected chi connectivity index (χ0v) is 39.3. The summed E-state index contributed by atoms with van der Waals surface area (Å²) < 4.78 is 5.84. The normalized spacial score (nSPS) is 15.8. The summed E-state index contributed by atoms with van der Waals surface area (Å²) in [6.45, 7) is 4.67. The smallest absolute Gasteiger partial charge is 0.242 e. The number of ether oxygens (including phenoxy) is 1. The van der Waals surface area contributed by atoms with Crippen LogP contribution in [-0.2, 0) is 38.6 Å². The van der Waals surface area contributed by atoms with Gasteiger partial charge in [-0.25, -0.2) is 0 Å². The molecule has 6 rings (SSSR count). The molecule has 4 aromatic carbocycles. The molecule has 356 valence electrons. The summed E-state index contributed by atoms with van der Waals surface area (Å²) in [5.41, 5.74) is 16.4. The van der Waals surface area contributed by atoms with Crippen LogP contribution >= 0.6 is 0 Å². The van der Waals surface area contributed by atoms with Gasteiger partial charge < -0.3 is 36.6 Å². The van der Waals surface area contributed by atoms with Crippen molar-refractivity contribution in [2.75, 3.05) is 39.3 Å². The number of carbonyl (C=O) groups is 4. The number of amides is 4. The van der Waals surface area contributed by atoms with E-state index in [0.29, 0.717) is 45.6 Å². The lowest BCUT2D eigenvalue weighted by Gasteiger charge is -2.35. The number of nitrogens with zero attached hydrogens (tertiary/aromatic N) is 2. The van der Waals surface area contributed by atoms with Gasteiger partial charge in [-0.15, -0.1) is 0 Å². The molecule has 0 saturated carbocycles. The SMILES string of the molecule is NCCCCCCCNC(=O)C1CCCCN1C(=O)Cc1ccc(-c2ccccc2)cc1.NCCCCCCCNC(=O)C1CCCCN1C(=O)Cc1ccc(OCc2ccccc2)cc1. The summed E-state index contributed by atoms with van der Waals surface area (Å²) in [7, 11) is 0. The van der Waals surface area contributed by atoms with Crippen LogP contribution in [0.3, 0.4) is 0 Å². The summed E-state index contributed by atoms with van der Waals surface area (Å²) in [4.78, 5) is 55.3. The first-order valence-corrected chi connectivity index (χ1v) is 24.8. The number of unbranched alkanes of at least 4 members (excludes halogenated alkanes) is 8.